The van der Waals surface area contributed by atoms with Gasteiger partial charge in [-0.2, -0.15) is 4.31 Å². The smallest absolute Gasteiger partial charge is 0.243 e. The molecular formula is C21H24N6O4S2. The van der Waals surface area contributed by atoms with Gasteiger partial charge in [0, 0.05) is 18.8 Å². The van der Waals surface area contributed by atoms with E-state index in [2.05, 4.69) is 20.8 Å². The number of hydrogen-bond acceptors (Lipinski definition) is 8. The molecule has 1 amide bonds. The van der Waals surface area contributed by atoms with Crippen LogP contribution in [0.4, 0.5) is 5.69 Å². The van der Waals surface area contributed by atoms with E-state index in [0.717, 1.165) is 24.2 Å². The third kappa shape index (κ3) is 5.70. The second kappa shape index (κ2) is 10.3. The molecule has 0 unspecified atom stereocenters. The normalized spacial score (nSPS) is 14.3. The first kappa shape index (κ1) is 23.2. The fourth-order valence-corrected chi connectivity index (χ4v) is 5.68. The highest BCUT2D eigenvalue weighted by atomic mass is 32.2. The van der Waals surface area contributed by atoms with Gasteiger partial charge in [-0.15, -0.1) is 5.10 Å². The Kier molecular flexibility index (Phi) is 7.26. The Morgan fingerprint density at radius 1 is 1.15 bits per heavy atom. The van der Waals surface area contributed by atoms with Crippen LogP contribution < -0.4 is 10.1 Å². The summed E-state index contributed by atoms with van der Waals surface area (Å²) in [6.07, 6.45) is 1.73. The Labute approximate surface area is 196 Å². The minimum absolute atomic E-state index is 0.0755. The van der Waals surface area contributed by atoms with Gasteiger partial charge in [0.05, 0.1) is 24.3 Å². The summed E-state index contributed by atoms with van der Waals surface area (Å²) in [6, 6.07) is 13.9. The number of aromatic nitrogens is 4. The van der Waals surface area contributed by atoms with E-state index in [1.807, 2.05) is 24.3 Å². The zero-order chi connectivity index (χ0) is 23.3. The molecular weight excluding hydrogens is 464 g/mol. The van der Waals surface area contributed by atoms with E-state index in [1.54, 1.807) is 30.0 Å². The van der Waals surface area contributed by atoms with Gasteiger partial charge in [-0.05, 0) is 59.2 Å². The van der Waals surface area contributed by atoms with E-state index >= 15 is 0 Å². The van der Waals surface area contributed by atoms with Crippen LogP contribution in [0.5, 0.6) is 5.75 Å². The minimum atomic E-state index is -3.55. The van der Waals surface area contributed by atoms with Crippen molar-refractivity contribution >= 4 is 33.4 Å². The van der Waals surface area contributed by atoms with E-state index < -0.39 is 10.0 Å². The van der Waals surface area contributed by atoms with Crippen LogP contribution in [-0.4, -0.2) is 64.8 Å². The zero-order valence-corrected chi connectivity index (χ0v) is 19.7. The van der Waals surface area contributed by atoms with Crippen molar-refractivity contribution in [3.05, 3.63) is 54.1 Å². The number of thioether (sulfide) groups is 1. The Bertz CT molecular complexity index is 1210. The Hall–Kier alpha value is -2.96. The van der Waals surface area contributed by atoms with E-state index in [9.17, 15) is 13.2 Å². The summed E-state index contributed by atoms with van der Waals surface area (Å²) >= 11 is 1.20. The first-order chi connectivity index (χ1) is 16.0. The molecule has 1 aliphatic heterocycles. The van der Waals surface area contributed by atoms with Gasteiger partial charge in [-0.1, -0.05) is 30.0 Å². The Morgan fingerprint density at radius 2 is 1.91 bits per heavy atom. The van der Waals surface area contributed by atoms with E-state index in [4.69, 9.17) is 4.74 Å². The van der Waals surface area contributed by atoms with Crippen molar-refractivity contribution in [3.63, 3.8) is 0 Å². The molecule has 0 atom stereocenters. The second-order valence-electron chi connectivity index (χ2n) is 7.44. The van der Waals surface area contributed by atoms with Gasteiger partial charge in [0.1, 0.15) is 5.75 Å². The Morgan fingerprint density at radius 3 is 2.64 bits per heavy atom. The van der Waals surface area contributed by atoms with Gasteiger partial charge >= 0.3 is 0 Å². The molecule has 12 heteroatoms. The van der Waals surface area contributed by atoms with Gasteiger partial charge in [-0.3, -0.25) is 4.79 Å². The average Bonchev–Trinajstić information content (AvgIpc) is 3.51. The van der Waals surface area contributed by atoms with Gasteiger partial charge in [0.2, 0.25) is 21.1 Å². The minimum Gasteiger partial charge on any atom is -0.497 e. The van der Waals surface area contributed by atoms with Crippen LogP contribution in [-0.2, 0) is 21.4 Å². The number of nitrogens with zero attached hydrogens (tertiary/aromatic N) is 5. The third-order valence-corrected chi connectivity index (χ3v) is 8.00. The molecule has 10 nitrogen and oxygen atoms in total. The fourth-order valence-electron chi connectivity index (χ4n) is 3.44. The lowest BCUT2D eigenvalue weighted by Crippen LogP contribution is -2.28. The maximum atomic E-state index is 12.8. The first-order valence-electron chi connectivity index (χ1n) is 10.4. The summed E-state index contributed by atoms with van der Waals surface area (Å²) in [7, 11) is -1.94. The number of nitrogens with one attached hydrogen (secondary N) is 1. The van der Waals surface area contributed by atoms with Crippen molar-refractivity contribution in [3.8, 4) is 5.75 Å². The summed E-state index contributed by atoms with van der Waals surface area (Å²) in [6.45, 7) is 1.51. The number of carbonyl (C=O) groups is 1. The topological polar surface area (TPSA) is 119 Å². The van der Waals surface area contributed by atoms with E-state index in [1.165, 1.54) is 22.1 Å². The molecule has 0 saturated carbocycles. The molecule has 1 aliphatic rings. The molecule has 1 fully saturated rings. The molecule has 174 valence electrons. The number of rotatable bonds is 9. The standard InChI is InChI=1S/C21H24N6O4S2/c1-31-18-9-7-16(8-10-18)14-27-21(23-24-25-27)32-15-20(28)22-17-5-4-6-19(13-17)33(29,30)26-11-2-3-12-26/h4-10,13H,2-3,11-12,14-15H2,1H3,(H,22,28). The molecule has 1 N–H and O–H groups in total. The lowest BCUT2D eigenvalue weighted by molar-refractivity contribution is -0.113. The highest BCUT2D eigenvalue weighted by Gasteiger charge is 2.27. The number of tetrazole rings is 1. The lowest BCUT2D eigenvalue weighted by Gasteiger charge is -2.16. The third-order valence-electron chi connectivity index (χ3n) is 5.14. The molecule has 2 heterocycles. The fraction of sp³-hybridized carbons (Fsp3) is 0.333. The summed E-state index contributed by atoms with van der Waals surface area (Å²) in [5.41, 5.74) is 1.42. The van der Waals surface area contributed by atoms with Crippen molar-refractivity contribution in [2.24, 2.45) is 0 Å². The largest absolute Gasteiger partial charge is 0.497 e. The van der Waals surface area contributed by atoms with Crippen LogP contribution in [0.15, 0.2) is 58.6 Å². The molecule has 2 aromatic carbocycles. The summed E-state index contributed by atoms with van der Waals surface area (Å²) in [4.78, 5) is 12.7. The van der Waals surface area contributed by atoms with Crippen LogP contribution >= 0.6 is 11.8 Å². The summed E-state index contributed by atoms with van der Waals surface area (Å²) in [5.74, 6) is 0.556. The van der Waals surface area contributed by atoms with Crippen LogP contribution in [0.3, 0.4) is 0 Å². The molecule has 0 aliphatic carbocycles. The van der Waals surface area contributed by atoms with Crippen molar-refractivity contribution in [2.45, 2.75) is 29.4 Å². The van der Waals surface area contributed by atoms with Crippen molar-refractivity contribution in [1.82, 2.24) is 24.5 Å². The molecule has 3 aromatic rings. The average molecular weight is 489 g/mol. The first-order valence-corrected chi connectivity index (χ1v) is 12.8. The highest BCUT2D eigenvalue weighted by molar-refractivity contribution is 7.99. The number of ether oxygens (including phenoxy) is 1. The van der Waals surface area contributed by atoms with Crippen LogP contribution in [0.1, 0.15) is 18.4 Å². The molecule has 0 bridgehead atoms. The monoisotopic (exact) mass is 488 g/mol. The molecule has 0 radical (unpaired) electrons. The summed E-state index contributed by atoms with van der Waals surface area (Å²) in [5, 5.41) is 14.9. The van der Waals surface area contributed by atoms with E-state index in [-0.39, 0.29) is 16.6 Å². The van der Waals surface area contributed by atoms with Crippen molar-refractivity contribution in [2.75, 3.05) is 31.3 Å². The quantitative estimate of drug-likeness (QED) is 0.456. The number of anilines is 1. The Balaban J connectivity index is 1.35. The number of amides is 1. The number of hydrogen-bond donors (Lipinski definition) is 1. The number of carbonyl (C=O) groups excluding carboxylic acids is 1. The summed E-state index contributed by atoms with van der Waals surface area (Å²) < 4.78 is 33.8. The van der Waals surface area contributed by atoms with Gasteiger partial charge in [0.15, 0.2) is 0 Å². The van der Waals surface area contributed by atoms with Crippen LogP contribution in [0.25, 0.3) is 0 Å². The van der Waals surface area contributed by atoms with Gasteiger partial charge < -0.3 is 10.1 Å². The number of benzene rings is 2. The molecule has 0 spiro atoms. The lowest BCUT2D eigenvalue weighted by atomic mass is 10.2. The molecule has 33 heavy (non-hydrogen) atoms. The predicted octanol–water partition coefficient (Wildman–Crippen LogP) is 2.25. The number of sulfonamides is 1. The second-order valence-corrected chi connectivity index (χ2v) is 10.3. The maximum Gasteiger partial charge on any atom is 0.243 e. The number of methoxy groups -OCH3 is 1. The van der Waals surface area contributed by atoms with Crippen molar-refractivity contribution in [1.29, 1.82) is 0 Å². The van der Waals surface area contributed by atoms with Gasteiger partial charge in [0.25, 0.3) is 0 Å². The zero-order valence-electron chi connectivity index (χ0n) is 18.0. The van der Waals surface area contributed by atoms with Crippen LogP contribution in [0.2, 0.25) is 0 Å². The maximum absolute atomic E-state index is 12.8. The molecule has 4 rings (SSSR count). The predicted molar refractivity (Wildman–Crippen MR) is 124 cm³/mol. The van der Waals surface area contributed by atoms with Gasteiger partial charge in [-0.25, -0.2) is 13.1 Å². The van der Waals surface area contributed by atoms with E-state index in [0.29, 0.717) is 30.5 Å². The highest BCUT2D eigenvalue weighted by Crippen LogP contribution is 2.23. The van der Waals surface area contributed by atoms with Crippen molar-refractivity contribution < 1.29 is 17.9 Å². The van der Waals surface area contributed by atoms with Crippen LogP contribution in [0, 0.1) is 0 Å². The molecule has 1 aromatic heterocycles. The molecule has 1 saturated heterocycles. The SMILES string of the molecule is COc1ccc(Cn2nnnc2SCC(=O)Nc2cccc(S(=O)(=O)N3CCCC3)c2)cc1.